The van der Waals surface area contributed by atoms with E-state index in [0.29, 0.717) is 11.5 Å². The third-order valence-corrected chi connectivity index (χ3v) is 6.04. The highest BCUT2D eigenvalue weighted by atomic mass is 32.2. The maximum absolute atomic E-state index is 12.6. The van der Waals surface area contributed by atoms with Gasteiger partial charge < -0.3 is 9.64 Å². The molecule has 1 aromatic carbocycles. The van der Waals surface area contributed by atoms with Gasteiger partial charge in [-0.3, -0.25) is 0 Å². The van der Waals surface area contributed by atoms with E-state index in [-0.39, 0.29) is 12.1 Å². The van der Waals surface area contributed by atoms with Crippen molar-refractivity contribution in [3.05, 3.63) is 23.8 Å². The highest BCUT2D eigenvalue weighted by molar-refractivity contribution is 7.89. The van der Waals surface area contributed by atoms with Gasteiger partial charge in [-0.2, -0.15) is 0 Å². The van der Waals surface area contributed by atoms with Crippen LogP contribution < -0.4 is 9.62 Å². The standard InChI is InChI=1S/C16H24N2O3S/c1-12-10-14(7-9-21-12)17-22(19,20)15-6-5-13-4-3-8-18(2)16(13)11-15/h5-6,11-12,14,17H,3-4,7-10H2,1-2H3. The fourth-order valence-electron chi connectivity index (χ4n) is 3.30. The molecule has 1 fully saturated rings. The number of sulfonamides is 1. The van der Waals surface area contributed by atoms with E-state index in [9.17, 15) is 8.42 Å². The quantitative estimate of drug-likeness (QED) is 0.923. The van der Waals surface area contributed by atoms with Crippen LogP contribution in [0, 0.1) is 0 Å². The van der Waals surface area contributed by atoms with Gasteiger partial charge in [0, 0.05) is 31.9 Å². The normalized spacial score (nSPS) is 25.8. The number of hydrogen-bond acceptors (Lipinski definition) is 4. The largest absolute Gasteiger partial charge is 0.378 e. The van der Waals surface area contributed by atoms with E-state index in [1.165, 1.54) is 5.56 Å². The average molecular weight is 324 g/mol. The number of benzene rings is 1. The Balaban J connectivity index is 1.81. The molecule has 1 N–H and O–H groups in total. The van der Waals surface area contributed by atoms with Gasteiger partial charge in [0.25, 0.3) is 0 Å². The van der Waals surface area contributed by atoms with E-state index in [4.69, 9.17) is 4.74 Å². The molecule has 6 heteroatoms. The molecule has 2 atom stereocenters. The minimum atomic E-state index is -3.47. The monoisotopic (exact) mass is 324 g/mol. The summed E-state index contributed by atoms with van der Waals surface area (Å²) in [5.74, 6) is 0. The molecular weight excluding hydrogens is 300 g/mol. The maximum Gasteiger partial charge on any atom is 0.240 e. The van der Waals surface area contributed by atoms with Crippen LogP contribution in [0.2, 0.25) is 0 Å². The number of nitrogens with one attached hydrogen (secondary N) is 1. The summed E-state index contributed by atoms with van der Waals surface area (Å²) in [5.41, 5.74) is 2.27. The van der Waals surface area contributed by atoms with Gasteiger partial charge in [0.15, 0.2) is 0 Å². The number of ether oxygens (including phenoxy) is 1. The van der Waals surface area contributed by atoms with Crippen molar-refractivity contribution in [2.75, 3.05) is 25.1 Å². The number of aryl methyl sites for hydroxylation is 1. The number of fused-ring (bicyclic) bond motifs is 1. The minimum absolute atomic E-state index is 0.0393. The summed E-state index contributed by atoms with van der Waals surface area (Å²) < 4.78 is 33.6. The predicted molar refractivity (Wildman–Crippen MR) is 86.8 cm³/mol. The molecule has 2 heterocycles. The van der Waals surface area contributed by atoms with Crippen LogP contribution in [0.3, 0.4) is 0 Å². The van der Waals surface area contributed by atoms with E-state index < -0.39 is 10.0 Å². The Kier molecular flexibility index (Phi) is 4.43. The molecule has 0 bridgehead atoms. The van der Waals surface area contributed by atoms with E-state index in [0.717, 1.165) is 37.9 Å². The second-order valence-corrected chi connectivity index (χ2v) is 8.05. The zero-order valence-corrected chi connectivity index (χ0v) is 14.0. The van der Waals surface area contributed by atoms with Crippen molar-refractivity contribution in [2.45, 2.75) is 49.6 Å². The Morgan fingerprint density at radius 2 is 2.18 bits per heavy atom. The highest BCUT2D eigenvalue weighted by Gasteiger charge is 2.26. The van der Waals surface area contributed by atoms with Gasteiger partial charge in [-0.05, 0) is 50.3 Å². The lowest BCUT2D eigenvalue weighted by molar-refractivity contribution is 0.0173. The van der Waals surface area contributed by atoms with Gasteiger partial charge in [-0.25, -0.2) is 13.1 Å². The zero-order chi connectivity index (χ0) is 15.7. The molecule has 1 aromatic rings. The van der Waals surface area contributed by atoms with Crippen molar-refractivity contribution in [1.82, 2.24) is 4.72 Å². The zero-order valence-electron chi connectivity index (χ0n) is 13.2. The summed E-state index contributed by atoms with van der Waals surface area (Å²) in [6.07, 6.45) is 3.70. The molecule has 2 aliphatic heterocycles. The summed E-state index contributed by atoms with van der Waals surface area (Å²) in [5, 5.41) is 0. The number of nitrogens with zero attached hydrogens (tertiary/aromatic N) is 1. The molecule has 2 aliphatic rings. The van der Waals surface area contributed by atoms with Crippen LogP contribution in [0.5, 0.6) is 0 Å². The van der Waals surface area contributed by atoms with Crippen LogP contribution >= 0.6 is 0 Å². The van der Waals surface area contributed by atoms with Crippen molar-refractivity contribution in [1.29, 1.82) is 0 Å². The molecule has 0 radical (unpaired) electrons. The summed E-state index contributed by atoms with van der Waals surface area (Å²) in [6.45, 7) is 3.57. The smallest absolute Gasteiger partial charge is 0.240 e. The summed E-state index contributed by atoms with van der Waals surface area (Å²) in [6, 6.07) is 5.44. The van der Waals surface area contributed by atoms with Crippen LogP contribution in [0.15, 0.2) is 23.1 Å². The molecule has 3 rings (SSSR count). The van der Waals surface area contributed by atoms with E-state index >= 15 is 0 Å². The Morgan fingerprint density at radius 3 is 2.95 bits per heavy atom. The Bertz CT molecular complexity index is 645. The molecule has 0 amide bonds. The first-order valence-electron chi connectivity index (χ1n) is 7.94. The second kappa shape index (κ2) is 6.18. The van der Waals surface area contributed by atoms with E-state index in [1.807, 2.05) is 20.0 Å². The summed E-state index contributed by atoms with van der Waals surface area (Å²) >= 11 is 0. The Hall–Kier alpha value is -1.11. The van der Waals surface area contributed by atoms with Gasteiger partial charge in [-0.1, -0.05) is 6.07 Å². The summed E-state index contributed by atoms with van der Waals surface area (Å²) in [7, 11) is -1.46. The second-order valence-electron chi connectivity index (χ2n) is 6.34. The van der Waals surface area contributed by atoms with Crippen LogP contribution in [-0.2, 0) is 21.2 Å². The average Bonchev–Trinajstić information content (AvgIpc) is 2.47. The molecule has 0 saturated carbocycles. The van der Waals surface area contributed by atoms with Gasteiger partial charge in [0.05, 0.1) is 11.0 Å². The molecule has 0 aromatic heterocycles. The fourth-order valence-corrected chi connectivity index (χ4v) is 4.60. The van der Waals surface area contributed by atoms with Crippen molar-refractivity contribution in [3.8, 4) is 0 Å². The number of hydrogen-bond donors (Lipinski definition) is 1. The first-order valence-corrected chi connectivity index (χ1v) is 9.42. The van der Waals surface area contributed by atoms with Crippen molar-refractivity contribution in [3.63, 3.8) is 0 Å². The first-order chi connectivity index (χ1) is 10.5. The number of anilines is 1. The Labute approximate surface area is 132 Å². The van der Waals surface area contributed by atoms with Crippen molar-refractivity contribution >= 4 is 15.7 Å². The van der Waals surface area contributed by atoms with Crippen molar-refractivity contribution in [2.24, 2.45) is 0 Å². The molecule has 5 nitrogen and oxygen atoms in total. The van der Waals surface area contributed by atoms with E-state index in [1.54, 1.807) is 12.1 Å². The summed E-state index contributed by atoms with van der Waals surface area (Å²) in [4.78, 5) is 2.49. The molecule has 0 aliphatic carbocycles. The van der Waals surface area contributed by atoms with Gasteiger partial charge in [0.2, 0.25) is 10.0 Å². The van der Waals surface area contributed by atoms with Crippen molar-refractivity contribution < 1.29 is 13.2 Å². The molecule has 2 unspecified atom stereocenters. The molecule has 22 heavy (non-hydrogen) atoms. The SMILES string of the molecule is CC1CC(NS(=O)(=O)c2ccc3c(c2)N(C)CCC3)CCO1. The van der Waals surface area contributed by atoms with Gasteiger partial charge in [-0.15, -0.1) is 0 Å². The van der Waals surface area contributed by atoms with Crippen LogP contribution in [-0.4, -0.2) is 40.8 Å². The fraction of sp³-hybridized carbons (Fsp3) is 0.625. The highest BCUT2D eigenvalue weighted by Crippen LogP contribution is 2.29. The third-order valence-electron chi connectivity index (χ3n) is 4.52. The van der Waals surface area contributed by atoms with Gasteiger partial charge in [0.1, 0.15) is 0 Å². The van der Waals surface area contributed by atoms with Crippen LogP contribution in [0.1, 0.15) is 31.7 Å². The lowest BCUT2D eigenvalue weighted by Gasteiger charge is -2.29. The van der Waals surface area contributed by atoms with Crippen LogP contribution in [0.25, 0.3) is 0 Å². The lowest BCUT2D eigenvalue weighted by atomic mass is 10.0. The third kappa shape index (κ3) is 3.29. The maximum atomic E-state index is 12.6. The first kappa shape index (κ1) is 15.8. The van der Waals surface area contributed by atoms with Gasteiger partial charge >= 0.3 is 0 Å². The Morgan fingerprint density at radius 1 is 1.36 bits per heavy atom. The molecule has 122 valence electrons. The van der Waals surface area contributed by atoms with E-state index in [2.05, 4.69) is 9.62 Å². The van der Waals surface area contributed by atoms with Crippen LogP contribution in [0.4, 0.5) is 5.69 Å². The molecular formula is C16H24N2O3S. The molecule has 1 saturated heterocycles. The number of rotatable bonds is 3. The predicted octanol–water partition coefficient (Wildman–Crippen LogP) is 1.91. The lowest BCUT2D eigenvalue weighted by Crippen LogP contribution is -2.41. The minimum Gasteiger partial charge on any atom is -0.378 e. The topological polar surface area (TPSA) is 58.6 Å². The molecule has 0 spiro atoms.